The highest BCUT2D eigenvalue weighted by Gasteiger charge is 2.15. The van der Waals surface area contributed by atoms with Gasteiger partial charge in [-0.1, -0.05) is 0 Å². The minimum absolute atomic E-state index is 0.145. The van der Waals surface area contributed by atoms with Gasteiger partial charge in [0.15, 0.2) is 0 Å². The maximum atomic E-state index is 11.3. The van der Waals surface area contributed by atoms with Crippen molar-refractivity contribution in [2.45, 2.75) is 19.1 Å². The number of urea groups is 1. The third-order valence-electron chi connectivity index (χ3n) is 1.98. The minimum Gasteiger partial charge on any atom is -0.382 e. The summed E-state index contributed by atoms with van der Waals surface area (Å²) in [6, 6.07) is -1.39. The first-order valence-corrected chi connectivity index (χ1v) is 4.86. The van der Waals surface area contributed by atoms with Crippen LogP contribution in [0.4, 0.5) is 4.79 Å². The van der Waals surface area contributed by atoms with Crippen LogP contribution in [-0.4, -0.2) is 51.5 Å². The van der Waals surface area contributed by atoms with Crippen LogP contribution in [-0.2, 0) is 14.3 Å². The number of primary amides is 1. The Bertz CT molecular complexity index is 235. The molecule has 0 rings (SSSR count). The Balaban J connectivity index is 3.90. The molecule has 3 amide bonds. The summed E-state index contributed by atoms with van der Waals surface area (Å²) in [4.78, 5) is 21.7. The molecule has 7 heteroatoms. The fraction of sp³-hybridized carbons (Fsp3) is 0.778. The zero-order valence-corrected chi connectivity index (χ0v) is 9.78. The summed E-state index contributed by atoms with van der Waals surface area (Å²) >= 11 is 0. The molecule has 0 aliphatic heterocycles. The third kappa shape index (κ3) is 6.33. The van der Waals surface area contributed by atoms with Gasteiger partial charge in [0.25, 0.3) is 0 Å². The zero-order chi connectivity index (χ0) is 12.6. The van der Waals surface area contributed by atoms with Gasteiger partial charge in [0.1, 0.15) is 0 Å². The largest absolute Gasteiger partial charge is 0.382 e. The molecule has 0 aromatic carbocycles. The molecule has 2 atom stereocenters. The van der Waals surface area contributed by atoms with Gasteiger partial charge >= 0.3 is 6.03 Å². The van der Waals surface area contributed by atoms with E-state index in [0.717, 1.165) is 0 Å². The highest BCUT2D eigenvalue weighted by atomic mass is 16.5. The van der Waals surface area contributed by atoms with Crippen LogP contribution in [0.1, 0.15) is 6.92 Å². The van der Waals surface area contributed by atoms with Crippen LogP contribution in [0.25, 0.3) is 0 Å². The summed E-state index contributed by atoms with van der Waals surface area (Å²) in [5, 5.41) is 4.88. The number of rotatable bonds is 7. The van der Waals surface area contributed by atoms with Crippen molar-refractivity contribution in [3.63, 3.8) is 0 Å². The summed E-state index contributed by atoms with van der Waals surface area (Å²) in [5.41, 5.74) is 4.82. The van der Waals surface area contributed by atoms with Gasteiger partial charge in [-0.3, -0.25) is 10.1 Å². The van der Waals surface area contributed by atoms with Crippen LogP contribution < -0.4 is 16.4 Å². The lowest BCUT2D eigenvalue weighted by Gasteiger charge is -2.18. The second kappa shape index (κ2) is 8.03. The standard InChI is InChI=1S/C9H19N3O4/c1-6(8(13)12-9(10)14)11-4-7(16-3)5-15-2/h6-7,11H,4-5H2,1-3H3,(H3,10,12,13,14). The molecule has 0 bridgehead atoms. The first-order valence-electron chi connectivity index (χ1n) is 4.86. The summed E-state index contributed by atoms with van der Waals surface area (Å²) in [7, 11) is 3.12. The lowest BCUT2D eigenvalue weighted by molar-refractivity contribution is -0.121. The van der Waals surface area contributed by atoms with Gasteiger partial charge in [0.2, 0.25) is 5.91 Å². The number of methoxy groups -OCH3 is 2. The Labute approximate surface area is 94.6 Å². The van der Waals surface area contributed by atoms with Crippen LogP contribution in [0.5, 0.6) is 0 Å². The fourth-order valence-corrected chi connectivity index (χ4v) is 1.03. The van der Waals surface area contributed by atoms with Crippen LogP contribution in [0.2, 0.25) is 0 Å². The molecule has 0 spiro atoms. The van der Waals surface area contributed by atoms with Crippen LogP contribution >= 0.6 is 0 Å². The Morgan fingerprint density at radius 2 is 2.00 bits per heavy atom. The summed E-state index contributed by atoms with van der Waals surface area (Å²) < 4.78 is 10.0. The van der Waals surface area contributed by atoms with Gasteiger partial charge < -0.3 is 20.5 Å². The fourth-order valence-electron chi connectivity index (χ4n) is 1.03. The molecule has 0 fully saturated rings. The third-order valence-corrected chi connectivity index (χ3v) is 1.98. The molecule has 0 aromatic rings. The molecule has 0 aromatic heterocycles. The number of hydrogen-bond acceptors (Lipinski definition) is 5. The summed E-state index contributed by atoms with van der Waals surface area (Å²) in [6.45, 7) is 2.49. The first-order chi connectivity index (χ1) is 7.51. The SMILES string of the molecule is COCC(CNC(C)C(=O)NC(N)=O)OC. The number of carbonyl (C=O) groups is 2. The maximum Gasteiger partial charge on any atom is 0.318 e. The van der Waals surface area contributed by atoms with E-state index >= 15 is 0 Å². The molecule has 0 saturated carbocycles. The van der Waals surface area contributed by atoms with Gasteiger partial charge in [-0.25, -0.2) is 4.79 Å². The predicted octanol–water partition coefficient (Wildman–Crippen LogP) is -1.18. The van der Waals surface area contributed by atoms with E-state index in [9.17, 15) is 9.59 Å². The van der Waals surface area contributed by atoms with Crippen molar-refractivity contribution >= 4 is 11.9 Å². The molecule has 7 nitrogen and oxygen atoms in total. The molecule has 94 valence electrons. The molecule has 0 saturated heterocycles. The molecular formula is C9H19N3O4. The molecule has 0 heterocycles. The number of ether oxygens (including phenoxy) is 2. The molecule has 0 aliphatic carbocycles. The number of hydrogen-bond donors (Lipinski definition) is 3. The van der Waals surface area contributed by atoms with Gasteiger partial charge in [0, 0.05) is 20.8 Å². The van der Waals surface area contributed by atoms with E-state index in [2.05, 4.69) is 5.32 Å². The van der Waals surface area contributed by atoms with Crippen molar-refractivity contribution in [3.8, 4) is 0 Å². The van der Waals surface area contributed by atoms with E-state index < -0.39 is 18.0 Å². The van der Waals surface area contributed by atoms with Crippen LogP contribution in [0.15, 0.2) is 0 Å². The van der Waals surface area contributed by atoms with Crippen molar-refractivity contribution in [1.29, 1.82) is 0 Å². The number of imide groups is 1. The van der Waals surface area contributed by atoms with E-state index in [1.807, 2.05) is 5.32 Å². The van der Waals surface area contributed by atoms with Crippen LogP contribution in [0, 0.1) is 0 Å². The van der Waals surface area contributed by atoms with E-state index in [1.165, 1.54) is 0 Å². The highest BCUT2D eigenvalue weighted by molar-refractivity contribution is 5.96. The Morgan fingerprint density at radius 1 is 1.38 bits per heavy atom. The Hall–Kier alpha value is -1.18. The second-order valence-corrected chi connectivity index (χ2v) is 3.30. The summed E-state index contributed by atoms with van der Waals surface area (Å²) in [6.07, 6.45) is -0.145. The van der Waals surface area contributed by atoms with E-state index in [-0.39, 0.29) is 6.10 Å². The Morgan fingerprint density at radius 3 is 2.44 bits per heavy atom. The normalized spacial score (nSPS) is 14.2. The van der Waals surface area contributed by atoms with Crippen molar-refractivity contribution in [2.75, 3.05) is 27.4 Å². The average Bonchev–Trinajstić information content (AvgIpc) is 2.22. The zero-order valence-electron chi connectivity index (χ0n) is 9.78. The lowest BCUT2D eigenvalue weighted by Crippen LogP contribution is -2.48. The number of carbonyl (C=O) groups excluding carboxylic acids is 2. The first kappa shape index (κ1) is 14.8. The maximum absolute atomic E-state index is 11.3. The Kier molecular flexibility index (Phi) is 7.44. The molecule has 4 N–H and O–H groups in total. The monoisotopic (exact) mass is 233 g/mol. The molecule has 2 unspecified atom stereocenters. The van der Waals surface area contributed by atoms with Crippen LogP contribution in [0.3, 0.4) is 0 Å². The smallest absolute Gasteiger partial charge is 0.318 e. The van der Waals surface area contributed by atoms with Crippen molar-refractivity contribution in [1.82, 2.24) is 10.6 Å². The van der Waals surface area contributed by atoms with Gasteiger partial charge in [0.05, 0.1) is 18.8 Å². The minimum atomic E-state index is -0.862. The van der Waals surface area contributed by atoms with Gasteiger partial charge in [-0.05, 0) is 6.92 Å². The molecule has 0 radical (unpaired) electrons. The topological polar surface area (TPSA) is 103 Å². The van der Waals surface area contributed by atoms with Crippen molar-refractivity contribution < 1.29 is 19.1 Å². The van der Waals surface area contributed by atoms with Gasteiger partial charge in [-0.2, -0.15) is 0 Å². The number of nitrogens with one attached hydrogen (secondary N) is 2. The lowest BCUT2D eigenvalue weighted by atomic mass is 10.3. The van der Waals surface area contributed by atoms with Crippen molar-refractivity contribution in [2.24, 2.45) is 5.73 Å². The molecule has 0 aliphatic rings. The molecule has 16 heavy (non-hydrogen) atoms. The number of nitrogens with two attached hydrogens (primary N) is 1. The quantitative estimate of drug-likeness (QED) is 0.513. The van der Waals surface area contributed by atoms with E-state index in [0.29, 0.717) is 13.2 Å². The van der Waals surface area contributed by atoms with Crippen molar-refractivity contribution in [3.05, 3.63) is 0 Å². The van der Waals surface area contributed by atoms with E-state index in [4.69, 9.17) is 15.2 Å². The number of amides is 3. The second-order valence-electron chi connectivity index (χ2n) is 3.30. The summed E-state index contributed by atoms with van der Waals surface area (Å²) in [5.74, 6) is -0.472. The van der Waals surface area contributed by atoms with Gasteiger partial charge in [-0.15, -0.1) is 0 Å². The predicted molar refractivity (Wildman–Crippen MR) is 57.9 cm³/mol. The average molecular weight is 233 g/mol. The highest BCUT2D eigenvalue weighted by Crippen LogP contribution is 1.90. The molecular weight excluding hydrogens is 214 g/mol. The van der Waals surface area contributed by atoms with E-state index in [1.54, 1.807) is 21.1 Å².